The number of rotatable bonds is 4. The Bertz CT molecular complexity index is 631. The first kappa shape index (κ1) is 14.2. The number of nitrogens with zero attached hydrogens (tertiary/aromatic N) is 1. The van der Waals surface area contributed by atoms with E-state index in [9.17, 15) is 14.7 Å². The zero-order valence-corrected chi connectivity index (χ0v) is 11.9. The molecule has 1 amide bonds. The molecule has 0 aliphatic rings. The van der Waals surface area contributed by atoms with Crippen LogP contribution in [0.2, 0.25) is 0 Å². The first-order valence-electron chi connectivity index (χ1n) is 5.77. The normalized spacial score (nSPS) is 11.7. The number of aliphatic carboxylic acids is 1. The summed E-state index contributed by atoms with van der Waals surface area (Å²) in [6.07, 6.45) is 2.92. The lowest BCUT2D eigenvalue weighted by Gasteiger charge is -2.14. The summed E-state index contributed by atoms with van der Waals surface area (Å²) in [6, 6.07) is 9.00. The van der Waals surface area contributed by atoms with Crippen molar-refractivity contribution in [3.63, 3.8) is 0 Å². The van der Waals surface area contributed by atoms with Gasteiger partial charge in [0.2, 0.25) is 0 Å². The Labute approximate surface area is 123 Å². The van der Waals surface area contributed by atoms with Gasteiger partial charge >= 0.3 is 5.97 Å². The van der Waals surface area contributed by atoms with Gasteiger partial charge in [-0.2, -0.15) is 0 Å². The molecule has 0 aliphatic heterocycles. The van der Waals surface area contributed by atoms with Crippen LogP contribution in [0.5, 0.6) is 0 Å². The molecule has 102 valence electrons. The molecule has 1 aromatic carbocycles. The van der Waals surface area contributed by atoms with Crippen LogP contribution in [0.1, 0.15) is 22.0 Å². The second-order valence-corrected chi connectivity index (χ2v) is 4.96. The molecule has 0 saturated carbocycles. The molecule has 1 atom stereocenters. The van der Waals surface area contributed by atoms with Crippen LogP contribution in [0.25, 0.3) is 0 Å². The maximum atomic E-state index is 12.0. The molecule has 0 bridgehead atoms. The first-order chi connectivity index (χ1) is 9.58. The van der Waals surface area contributed by atoms with Crippen molar-refractivity contribution in [2.45, 2.75) is 6.04 Å². The topological polar surface area (TPSA) is 79.3 Å². The molecule has 0 spiro atoms. The van der Waals surface area contributed by atoms with E-state index in [1.54, 1.807) is 42.6 Å². The van der Waals surface area contributed by atoms with Crippen molar-refractivity contribution in [2.75, 3.05) is 0 Å². The number of pyridine rings is 1. The highest BCUT2D eigenvalue weighted by Crippen LogP contribution is 2.15. The van der Waals surface area contributed by atoms with Crippen LogP contribution in [0, 0.1) is 0 Å². The highest BCUT2D eigenvalue weighted by Gasteiger charge is 2.22. The van der Waals surface area contributed by atoms with Gasteiger partial charge in [-0.15, -0.1) is 0 Å². The number of carbonyl (C=O) groups is 2. The molecular formula is C14H11BrN2O3. The number of halogens is 1. The zero-order chi connectivity index (χ0) is 14.5. The van der Waals surface area contributed by atoms with Crippen LogP contribution < -0.4 is 5.32 Å². The number of nitrogens with one attached hydrogen (secondary N) is 1. The third kappa shape index (κ3) is 3.42. The third-order valence-corrected chi connectivity index (χ3v) is 3.06. The SMILES string of the molecule is O=C(N[C@H](C(=O)O)c1ccccc1)c1cncc(Br)c1. The first-order valence-corrected chi connectivity index (χ1v) is 6.56. The maximum absolute atomic E-state index is 12.0. The molecule has 2 rings (SSSR count). The van der Waals surface area contributed by atoms with E-state index in [-0.39, 0.29) is 0 Å². The van der Waals surface area contributed by atoms with Crippen molar-refractivity contribution in [1.29, 1.82) is 0 Å². The summed E-state index contributed by atoms with van der Waals surface area (Å²) < 4.78 is 0.650. The van der Waals surface area contributed by atoms with Gasteiger partial charge in [0.25, 0.3) is 5.91 Å². The summed E-state index contributed by atoms with van der Waals surface area (Å²) in [4.78, 5) is 27.2. The molecule has 5 nitrogen and oxygen atoms in total. The lowest BCUT2D eigenvalue weighted by Crippen LogP contribution is -2.33. The highest BCUT2D eigenvalue weighted by molar-refractivity contribution is 9.10. The van der Waals surface area contributed by atoms with E-state index in [4.69, 9.17) is 0 Å². The molecule has 20 heavy (non-hydrogen) atoms. The zero-order valence-electron chi connectivity index (χ0n) is 10.3. The number of aromatic nitrogens is 1. The minimum absolute atomic E-state index is 0.293. The molecule has 0 radical (unpaired) electrons. The van der Waals surface area contributed by atoms with Gasteiger partial charge in [-0.25, -0.2) is 4.79 Å². The van der Waals surface area contributed by atoms with Crippen LogP contribution in [-0.4, -0.2) is 22.0 Å². The molecule has 2 N–H and O–H groups in total. The summed E-state index contributed by atoms with van der Waals surface area (Å²) in [5.74, 6) is -1.61. The number of amides is 1. The Morgan fingerprint density at radius 2 is 1.90 bits per heavy atom. The molecule has 1 heterocycles. The summed E-state index contributed by atoms with van der Waals surface area (Å²) in [5, 5.41) is 11.7. The number of carboxylic acids is 1. The molecule has 0 fully saturated rings. The van der Waals surface area contributed by atoms with Crippen LogP contribution >= 0.6 is 15.9 Å². The molecule has 0 saturated heterocycles. The van der Waals surface area contributed by atoms with Gasteiger partial charge in [0, 0.05) is 16.9 Å². The van der Waals surface area contributed by atoms with E-state index in [2.05, 4.69) is 26.2 Å². The second-order valence-electron chi connectivity index (χ2n) is 4.05. The molecule has 0 unspecified atom stereocenters. The van der Waals surface area contributed by atoms with Gasteiger partial charge in [-0.05, 0) is 27.6 Å². The number of benzene rings is 1. The molecule has 6 heteroatoms. The monoisotopic (exact) mass is 334 g/mol. The van der Waals surface area contributed by atoms with Gasteiger partial charge in [-0.1, -0.05) is 30.3 Å². The fraction of sp³-hybridized carbons (Fsp3) is 0.0714. The van der Waals surface area contributed by atoms with E-state index in [1.165, 1.54) is 6.20 Å². The minimum Gasteiger partial charge on any atom is -0.479 e. The van der Waals surface area contributed by atoms with Gasteiger partial charge < -0.3 is 10.4 Å². The smallest absolute Gasteiger partial charge is 0.330 e. The number of hydrogen-bond acceptors (Lipinski definition) is 3. The summed E-state index contributed by atoms with van der Waals surface area (Å²) in [7, 11) is 0. The lowest BCUT2D eigenvalue weighted by molar-refractivity contribution is -0.139. The summed E-state index contributed by atoms with van der Waals surface area (Å²) >= 11 is 3.21. The van der Waals surface area contributed by atoms with Crippen LogP contribution in [-0.2, 0) is 4.79 Å². The predicted octanol–water partition coefficient (Wildman–Crippen LogP) is 2.40. The number of carboxylic acid groups (broad SMARTS) is 1. The molecule has 2 aromatic rings. The molecule has 1 aromatic heterocycles. The van der Waals surface area contributed by atoms with Crippen molar-refractivity contribution >= 4 is 27.8 Å². The Morgan fingerprint density at radius 1 is 1.20 bits per heavy atom. The Hall–Kier alpha value is -2.21. The molecular weight excluding hydrogens is 324 g/mol. The Morgan fingerprint density at radius 3 is 2.50 bits per heavy atom. The van der Waals surface area contributed by atoms with E-state index in [1.807, 2.05) is 0 Å². The van der Waals surface area contributed by atoms with E-state index < -0.39 is 17.9 Å². The highest BCUT2D eigenvalue weighted by atomic mass is 79.9. The Kier molecular flexibility index (Phi) is 4.47. The number of hydrogen-bond donors (Lipinski definition) is 2. The second kappa shape index (κ2) is 6.29. The number of carbonyl (C=O) groups excluding carboxylic acids is 1. The maximum Gasteiger partial charge on any atom is 0.330 e. The van der Waals surface area contributed by atoms with E-state index in [0.29, 0.717) is 15.6 Å². The Balaban J connectivity index is 2.21. The minimum atomic E-state index is -1.12. The van der Waals surface area contributed by atoms with Crippen molar-refractivity contribution in [3.05, 3.63) is 64.4 Å². The van der Waals surface area contributed by atoms with Gasteiger partial charge in [0.15, 0.2) is 6.04 Å². The van der Waals surface area contributed by atoms with E-state index in [0.717, 1.165) is 0 Å². The van der Waals surface area contributed by atoms with Crippen molar-refractivity contribution in [1.82, 2.24) is 10.3 Å². The van der Waals surface area contributed by atoms with E-state index >= 15 is 0 Å². The lowest BCUT2D eigenvalue weighted by atomic mass is 10.1. The van der Waals surface area contributed by atoms with Gasteiger partial charge in [0.05, 0.1) is 5.56 Å². The van der Waals surface area contributed by atoms with Gasteiger partial charge in [-0.3, -0.25) is 9.78 Å². The summed E-state index contributed by atoms with van der Waals surface area (Å²) in [5.41, 5.74) is 0.804. The quantitative estimate of drug-likeness (QED) is 0.899. The standard InChI is InChI=1S/C14H11BrN2O3/c15-11-6-10(7-16-8-11)13(18)17-12(14(19)20)9-4-2-1-3-5-9/h1-8,12H,(H,17,18)(H,19,20)/t12-/m0/s1. The van der Waals surface area contributed by atoms with Crippen molar-refractivity contribution in [2.24, 2.45) is 0 Å². The van der Waals surface area contributed by atoms with Gasteiger partial charge in [0.1, 0.15) is 0 Å². The van der Waals surface area contributed by atoms with Crippen molar-refractivity contribution in [3.8, 4) is 0 Å². The van der Waals surface area contributed by atoms with Crippen LogP contribution in [0.15, 0.2) is 53.3 Å². The predicted molar refractivity (Wildman–Crippen MR) is 76.2 cm³/mol. The summed E-state index contributed by atoms with van der Waals surface area (Å²) in [6.45, 7) is 0. The third-order valence-electron chi connectivity index (χ3n) is 2.62. The average molecular weight is 335 g/mol. The average Bonchev–Trinajstić information content (AvgIpc) is 2.45. The molecule has 0 aliphatic carbocycles. The largest absolute Gasteiger partial charge is 0.479 e. The fourth-order valence-electron chi connectivity index (χ4n) is 1.68. The van der Waals surface area contributed by atoms with Crippen molar-refractivity contribution < 1.29 is 14.7 Å². The van der Waals surface area contributed by atoms with Crippen LogP contribution in [0.4, 0.5) is 0 Å². The van der Waals surface area contributed by atoms with Crippen LogP contribution in [0.3, 0.4) is 0 Å². The fourth-order valence-corrected chi connectivity index (χ4v) is 2.05.